The average Bonchev–Trinajstić information content (AvgIpc) is 3.32. The molecule has 5 rings (SSSR count). The van der Waals surface area contributed by atoms with Crippen molar-refractivity contribution in [2.45, 2.75) is 64.9 Å². The van der Waals surface area contributed by atoms with Crippen LogP contribution in [0.5, 0.6) is 0 Å². The summed E-state index contributed by atoms with van der Waals surface area (Å²) in [5.41, 5.74) is 2.93. The summed E-state index contributed by atoms with van der Waals surface area (Å²) in [7, 11) is 0. The summed E-state index contributed by atoms with van der Waals surface area (Å²) >= 11 is 0. The second-order valence-corrected chi connectivity index (χ2v) is 11.8. The Bertz CT molecular complexity index is 1560. The number of pyridine rings is 1. The summed E-state index contributed by atoms with van der Waals surface area (Å²) in [5, 5.41) is 2.52. The molecule has 0 bridgehead atoms. The van der Waals surface area contributed by atoms with Gasteiger partial charge >= 0.3 is 5.97 Å². The summed E-state index contributed by atoms with van der Waals surface area (Å²) in [6.07, 6.45) is 2.60. The van der Waals surface area contributed by atoms with Gasteiger partial charge in [-0.05, 0) is 86.6 Å². The summed E-state index contributed by atoms with van der Waals surface area (Å²) in [6, 6.07) is 12.2. The number of nitrogens with one attached hydrogen (secondary N) is 1. The molecule has 3 aromatic rings. The summed E-state index contributed by atoms with van der Waals surface area (Å²) in [5.74, 6) is -2.79. The minimum Gasteiger partial charge on any atom is -0.464 e. The number of carbonyl (C=O) groups excluding carboxylic acids is 2. The van der Waals surface area contributed by atoms with E-state index in [9.17, 15) is 9.59 Å². The van der Waals surface area contributed by atoms with E-state index in [2.05, 4.69) is 10.3 Å². The maximum absolute atomic E-state index is 15.9. The van der Waals surface area contributed by atoms with Crippen LogP contribution in [0.3, 0.4) is 0 Å². The SMILES string of the molecule is CCOC(=O)COCc1ccc(C(=O)Nc2cc(F)c([C@@H]3C4=C(C[C@@H](C)N3CC(C)(C)F)c3ccccc3C4)c(F)c2)nc1. The van der Waals surface area contributed by atoms with Crippen molar-refractivity contribution >= 4 is 23.1 Å². The van der Waals surface area contributed by atoms with Crippen LogP contribution < -0.4 is 5.32 Å². The molecule has 0 saturated heterocycles. The standard InChI is InChI=1S/C34H36F3N3O4/c1-5-44-30(41)18-43-17-21-10-11-29(38-16-21)33(42)39-23-14-27(35)31(28(36)15-23)32-26-13-22-8-6-7-9-24(22)25(26)12-20(2)40(32)19-34(3,4)37/h6-11,14-16,20,32H,5,12-13,17-19H2,1-4H3,(H,39,42)/t20-,32+/m1/s1. The van der Waals surface area contributed by atoms with Gasteiger partial charge < -0.3 is 14.8 Å². The van der Waals surface area contributed by atoms with Crippen LogP contribution >= 0.6 is 0 Å². The molecule has 1 amide bonds. The maximum Gasteiger partial charge on any atom is 0.332 e. The predicted octanol–water partition coefficient (Wildman–Crippen LogP) is 6.59. The first kappa shape index (κ1) is 31.4. The summed E-state index contributed by atoms with van der Waals surface area (Å²) in [4.78, 5) is 30.2. The van der Waals surface area contributed by atoms with Gasteiger partial charge in [0.2, 0.25) is 0 Å². The molecular formula is C34H36F3N3O4. The highest BCUT2D eigenvalue weighted by atomic mass is 19.1. The number of esters is 1. The van der Waals surface area contributed by atoms with E-state index >= 15 is 13.2 Å². The molecule has 44 heavy (non-hydrogen) atoms. The van der Waals surface area contributed by atoms with E-state index in [4.69, 9.17) is 9.47 Å². The fourth-order valence-corrected chi connectivity index (χ4v) is 6.06. The molecule has 2 atom stereocenters. The zero-order valence-corrected chi connectivity index (χ0v) is 25.3. The number of rotatable bonds is 10. The fourth-order valence-electron chi connectivity index (χ4n) is 6.06. The third kappa shape index (κ3) is 6.87. The lowest BCUT2D eigenvalue weighted by molar-refractivity contribution is -0.148. The van der Waals surface area contributed by atoms with Crippen LogP contribution in [-0.2, 0) is 27.3 Å². The molecule has 1 aliphatic carbocycles. The molecular weight excluding hydrogens is 571 g/mol. The van der Waals surface area contributed by atoms with Crippen molar-refractivity contribution in [3.8, 4) is 0 Å². The second-order valence-electron chi connectivity index (χ2n) is 11.8. The third-order valence-corrected chi connectivity index (χ3v) is 7.86. The maximum atomic E-state index is 15.9. The molecule has 10 heteroatoms. The predicted molar refractivity (Wildman–Crippen MR) is 161 cm³/mol. The van der Waals surface area contributed by atoms with E-state index in [1.54, 1.807) is 13.0 Å². The number of aromatic nitrogens is 1. The van der Waals surface area contributed by atoms with Gasteiger partial charge in [0, 0.05) is 30.0 Å². The van der Waals surface area contributed by atoms with Gasteiger partial charge in [-0.25, -0.2) is 18.0 Å². The lowest BCUT2D eigenvalue weighted by Crippen LogP contribution is -2.47. The van der Waals surface area contributed by atoms with Crippen molar-refractivity contribution in [1.29, 1.82) is 0 Å². The Morgan fingerprint density at radius 2 is 1.84 bits per heavy atom. The molecule has 1 aromatic heterocycles. The number of nitrogens with zero attached hydrogens (tertiary/aromatic N) is 2. The Morgan fingerprint density at radius 1 is 1.11 bits per heavy atom. The highest BCUT2D eigenvalue weighted by Gasteiger charge is 2.43. The Labute approximate surface area is 255 Å². The van der Waals surface area contributed by atoms with Crippen LogP contribution in [0, 0.1) is 11.6 Å². The van der Waals surface area contributed by atoms with Gasteiger partial charge in [0.05, 0.1) is 19.3 Å². The second kappa shape index (κ2) is 12.9. The number of amides is 1. The number of alkyl halides is 1. The number of hydrogen-bond donors (Lipinski definition) is 1. The largest absolute Gasteiger partial charge is 0.464 e. The topological polar surface area (TPSA) is 80.8 Å². The number of anilines is 1. The van der Waals surface area contributed by atoms with E-state index in [1.807, 2.05) is 36.1 Å². The van der Waals surface area contributed by atoms with Crippen molar-refractivity contribution in [2.24, 2.45) is 0 Å². The molecule has 7 nitrogen and oxygen atoms in total. The van der Waals surface area contributed by atoms with Gasteiger partial charge in [-0.1, -0.05) is 30.3 Å². The van der Waals surface area contributed by atoms with E-state index in [1.165, 1.54) is 26.1 Å². The number of hydrogen-bond acceptors (Lipinski definition) is 6. The van der Waals surface area contributed by atoms with Gasteiger partial charge in [-0.2, -0.15) is 0 Å². The molecule has 2 aliphatic rings. The first-order valence-electron chi connectivity index (χ1n) is 14.7. The smallest absolute Gasteiger partial charge is 0.332 e. The number of benzene rings is 2. The van der Waals surface area contributed by atoms with Crippen LogP contribution in [0.2, 0.25) is 0 Å². The first-order chi connectivity index (χ1) is 20.9. The molecule has 0 radical (unpaired) electrons. The van der Waals surface area contributed by atoms with Crippen molar-refractivity contribution in [2.75, 3.05) is 25.1 Å². The number of halogens is 3. The van der Waals surface area contributed by atoms with Gasteiger partial charge in [-0.3, -0.25) is 14.7 Å². The quantitative estimate of drug-likeness (QED) is 0.262. The molecule has 232 valence electrons. The van der Waals surface area contributed by atoms with Gasteiger partial charge in [0.1, 0.15) is 29.6 Å². The Kier molecular flexibility index (Phi) is 9.22. The van der Waals surface area contributed by atoms with Crippen molar-refractivity contribution in [3.63, 3.8) is 0 Å². The van der Waals surface area contributed by atoms with Crippen molar-refractivity contribution in [1.82, 2.24) is 9.88 Å². The third-order valence-electron chi connectivity index (χ3n) is 7.86. The molecule has 2 heterocycles. The number of ether oxygens (including phenoxy) is 2. The van der Waals surface area contributed by atoms with E-state index in [0.717, 1.165) is 34.4 Å². The van der Waals surface area contributed by atoms with E-state index in [-0.39, 0.29) is 49.4 Å². The minimum absolute atomic E-state index is 0.00113. The monoisotopic (exact) mass is 607 g/mol. The van der Waals surface area contributed by atoms with Crippen LogP contribution in [0.1, 0.15) is 72.9 Å². The summed E-state index contributed by atoms with van der Waals surface area (Å²) in [6.45, 7) is 6.72. The van der Waals surface area contributed by atoms with Crippen LogP contribution in [-0.4, -0.2) is 53.2 Å². The summed E-state index contributed by atoms with van der Waals surface area (Å²) < 4.78 is 57.0. The van der Waals surface area contributed by atoms with Crippen LogP contribution in [0.15, 0.2) is 60.3 Å². The van der Waals surface area contributed by atoms with Crippen LogP contribution in [0.4, 0.5) is 18.9 Å². The highest BCUT2D eigenvalue weighted by Crippen LogP contribution is 2.50. The average molecular weight is 608 g/mol. The van der Waals surface area contributed by atoms with Gasteiger partial charge in [0.15, 0.2) is 0 Å². The molecule has 1 aliphatic heterocycles. The fraction of sp³-hybridized carbons (Fsp3) is 0.382. The normalized spacial score (nSPS) is 18.2. The number of fused-ring (bicyclic) bond motifs is 2. The lowest BCUT2D eigenvalue weighted by Gasteiger charge is -2.44. The van der Waals surface area contributed by atoms with Crippen LogP contribution in [0.25, 0.3) is 5.57 Å². The Hall–Kier alpha value is -4.02. The molecule has 1 N–H and O–H groups in total. The Morgan fingerprint density at radius 3 is 2.50 bits per heavy atom. The Balaban J connectivity index is 1.37. The van der Waals surface area contributed by atoms with E-state index < -0.39 is 35.2 Å². The molecule has 0 unspecified atom stereocenters. The zero-order valence-electron chi connectivity index (χ0n) is 25.3. The number of carbonyl (C=O) groups is 2. The molecule has 0 spiro atoms. The highest BCUT2D eigenvalue weighted by molar-refractivity contribution is 6.02. The molecule has 0 fully saturated rings. The molecule has 0 saturated carbocycles. The van der Waals surface area contributed by atoms with Crippen molar-refractivity contribution < 1.29 is 32.2 Å². The zero-order chi connectivity index (χ0) is 31.6. The lowest BCUT2D eigenvalue weighted by atomic mass is 9.84. The minimum atomic E-state index is -1.59. The molecule has 2 aromatic carbocycles. The van der Waals surface area contributed by atoms with Gasteiger partial charge in [-0.15, -0.1) is 0 Å². The van der Waals surface area contributed by atoms with Crippen molar-refractivity contribution in [3.05, 3.63) is 99.9 Å². The first-order valence-corrected chi connectivity index (χ1v) is 14.7. The van der Waals surface area contributed by atoms with Gasteiger partial charge in [0.25, 0.3) is 5.91 Å². The van der Waals surface area contributed by atoms with E-state index in [0.29, 0.717) is 18.4 Å².